The Morgan fingerprint density at radius 1 is 1.32 bits per heavy atom. The van der Waals surface area contributed by atoms with E-state index in [-0.39, 0.29) is 19.5 Å². The van der Waals surface area contributed by atoms with Crippen LogP contribution in [-0.4, -0.2) is 65.4 Å². The van der Waals surface area contributed by atoms with E-state index >= 15 is 0 Å². The van der Waals surface area contributed by atoms with Crippen molar-refractivity contribution < 1.29 is 29.0 Å². The van der Waals surface area contributed by atoms with Crippen LogP contribution in [0.2, 0.25) is 0 Å². The lowest BCUT2D eigenvalue weighted by Gasteiger charge is -2.50. The van der Waals surface area contributed by atoms with Crippen molar-refractivity contribution in [1.82, 2.24) is 10.2 Å². The fraction of sp³-hybridized carbons (Fsp3) is 0.786. The molecule has 1 atom stereocenters. The lowest BCUT2D eigenvalue weighted by molar-refractivity contribution is -0.147. The Morgan fingerprint density at radius 2 is 1.86 bits per heavy atom. The number of carboxylic acids is 1. The molecule has 0 spiro atoms. The molecule has 1 rings (SSSR count). The van der Waals surface area contributed by atoms with Crippen molar-refractivity contribution in [2.24, 2.45) is 0 Å². The fourth-order valence-corrected chi connectivity index (χ4v) is 2.38. The molecule has 1 heterocycles. The minimum absolute atomic E-state index is 0.162. The van der Waals surface area contributed by atoms with Gasteiger partial charge < -0.3 is 19.5 Å². The Bertz CT molecular complexity index is 451. The molecule has 0 aromatic rings. The first kappa shape index (κ1) is 18.2. The zero-order valence-electron chi connectivity index (χ0n) is 13.6. The predicted octanol–water partition coefficient (Wildman–Crippen LogP) is 0.602. The second-order valence-electron chi connectivity index (χ2n) is 6.58. The smallest absolute Gasteiger partial charge is 0.410 e. The van der Waals surface area contributed by atoms with Crippen LogP contribution in [0.5, 0.6) is 0 Å². The van der Waals surface area contributed by atoms with E-state index in [9.17, 15) is 14.4 Å². The van der Waals surface area contributed by atoms with E-state index in [0.717, 1.165) is 0 Å². The second kappa shape index (κ2) is 6.51. The molecule has 1 unspecified atom stereocenters. The maximum atomic E-state index is 11.9. The van der Waals surface area contributed by atoms with Crippen LogP contribution in [0.15, 0.2) is 0 Å². The van der Waals surface area contributed by atoms with Crippen molar-refractivity contribution in [1.29, 1.82) is 0 Å². The van der Waals surface area contributed by atoms with Gasteiger partial charge in [-0.05, 0) is 27.7 Å². The molecule has 8 nitrogen and oxygen atoms in total. The monoisotopic (exact) mass is 316 g/mol. The molecule has 1 aliphatic rings. The van der Waals surface area contributed by atoms with Gasteiger partial charge in [0.1, 0.15) is 11.6 Å². The fourth-order valence-electron chi connectivity index (χ4n) is 2.38. The quantitative estimate of drug-likeness (QED) is 0.716. The van der Waals surface area contributed by atoms with Gasteiger partial charge in [0.2, 0.25) is 0 Å². The molecule has 0 aromatic heterocycles. The second-order valence-corrected chi connectivity index (χ2v) is 6.58. The van der Waals surface area contributed by atoms with Crippen LogP contribution in [-0.2, 0) is 19.1 Å². The number of carbonyl (C=O) groups excluding carboxylic acids is 2. The number of nitrogens with one attached hydrogen (secondary N) is 1. The molecule has 2 N–H and O–H groups in total. The SMILES string of the molecule is COC(=O)C(C)NC1(CC(=O)O)CN(C(=O)OC(C)(C)C)C1. The van der Waals surface area contributed by atoms with Gasteiger partial charge in [0.05, 0.1) is 19.1 Å². The van der Waals surface area contributed by atoms with Crippen LogP contribution in [0.4, 0.5) is 4.79 Å². The minimum Gasteiger partial charge on any atom is -0.481 e. The van der Waals surface area contributed by atoms with Gasteiger partial charge in [-0.15, -0.1) is 0 Å². The highest BCUT2D eigenvalue weighted by molar-refractivity contribution is 5.76. The largest absolute Gasteiger partial charge is 0.481 e. The van der Waals surface area contributed by atoms with Gasteiger partial charge in [0, 0.05) is 13.1 Å². The Balaban J connectivity index is 2.69. The molecule has 0 radical (unpaired) electrons. The number of aliphatic carboxylic acids is 1. The zero-order chi connectivity index (χ0) is 17.1. The molecule has 0 aromatic carbocycles. The van der Waals surface area contributed by atoms with Gasteiger partial charge in [-0.25, -0.2) is 4.79 Å². The highest BCUT2D eigenvalue weighted by Crippen LogP contribution is 2.27. The number of likely N-dealkylation sites (tertiary alicyclic amines) is 1. The van der Waals surface area contributed by atoms with Crippen LogP contribution < -0.4 is 5.32 Å². The van der Waals surface area contributed by atoms with E-state index in [0.29, 0.717) is 0 Å². The summed E-state index contributed by atoms with van der Waals surface area (Å²) in [6, 6.07) is -0.662. The molecule has 8 heteroatoms. The summed E-state index contributed by atoms with van der Waals surface area (Å²) < 4.78 is 9.85. The highest BCUT2D eigenvalue weighted by Gasteiger charge is 2.49. The first-order valence-electron chi connectivity index (χ1n) is 7.03. The first-order valence-corrected chi connectivity index (χ1v) is 7.03. The highest BCUT2D eigenvalue weighted by atomic mass is 16.6. The summed E-state index contributed by atoms with van der Waals surface area (Å²) in [5.74, 6) is -1.49. The van der Waals surface area contributed by atoms with Crippen LogP contribution in [0, 0.1) is 0 Å². The Labute approximate surface area is 129 Å². The van der Waals surface area contributed by atoms with Crippen molar-refractivity contribution in [2.45, 2.75) is 51.3 Å². The maximum Gasteiger partial charge on any atom is 0.410 e. The van der Waals surface area contributed by atoms with Crippen LogP contribution in [0.1, 0.15) is 34.1 Å². The van der Waals surface area contributed by atoms with Gasteiger partial charge in [0.25, 0.3) is 0 Å². The lowest BCUT2D eigenvalue weighted by Crippen LogP contribution is -2.73. The standard InChI is InChI=1S/C14H24N2O6/c1-9(11(19)21-5)15-14(6-10(17)18)7-16(8-14)12(20)22-13(2,3)4/h9,15H,6-8H2,1-5H3,(H,17,18). The molecule has 1 saturated heterocycles. The van der Waals surface area contributed by atoms with Crippen LogP contribution in [0.25, 0.3) is 0 Å². The van der Waals surface area contributed by atoms with E-state index < -0.39 is 35.2 Å². The normalized spacial score (nSPS) is 18.1. The number of methoxy groups -OCH3 is 1. The summed E-state index contributed by atoms with van der Waals surface area (Å²) in [5, 5.41) is 12.0. The number of hydrogen-bond donors (Lipinski definition) is 2. The summed E-state index contributed by atoms with van der Waals surface area (Å²) in [6.07, 6.45) is -0.700. The number of carbonyl (C=O) groups is 3. The van der Waals surface area contributed by atoms with Gasteiger partial charge in [0.15, 0.2) is 0 Å². The van der Waals surface area contributed by atoms with Crippen molar-refractivity contribution in [3.8, 4) is 0 Å². The Hall–Kier alpha value is -1.83. The van der Waals surface area contributed by atoms with E-state index in [1.165, 1.54) is 12.0 Å². The number of ether oxygens (including phenoxy) is 2. The van der Waals surface area contributed by atoms with E-state index in [1.54, 1.807) is 27.7 Å². The molecular weight excluding hydrogens is 292 g/mol. The summed E-state index contributed by atoms with van der Waals surface area (Å²) in [4.78, 5) is 35.9. The number of rotatable bonds is 5. The molecular formula is C14H24N2O6. The molecule has 1 aliphatic heterocycles. The van der Waals surface area contributed by atoms with Crippen molar-refractivity contribution >= 4 is 18.0 Å². The van der Waals surface area contributed by atoms with Crippen LogP contribution >= 0.6 is 0 Å². The van der Waals surface area contributed by atoms with Crippen molar-refractivity contribution in [3.05, 3.63) is 0 Å². The lowest BCUT2D eigenvalue weighted by atomic mass is 9.85. The molecule has 126 valence electrons. The molecule has 1 fully saturated rings. The average molecular weight is 316 g/mol. The van der Waals surface area contributed by atoms with Gasteiger partial charge in [-0.2, -0.15) is 0 Å². The topological polar surface area (TPSA) is 105 Å². The molecule has 0 aliphatic carbocycles. The molecule has 1 amide bonds. The summed E-state index contributed by atoms with van der Waals surface area (Å²) >= 11 is 0. The molecule has 0 bridgehead atoms. The number of hydrogen-bond acceptors (Lipinski definition) is 6. The third kappa shape index (κ3) is 4.87. The van der Waals surface area contributed by atoms with Gasteiger partial charge >= 0.3 is 18.0 Å². The summed E-state index contributed by atoms with van der Waals surface area (Å²) in [5.41, 5.74) is -1.47. The van der Waals surface area contributed by atoms with Gasteiger partial charge in [-0.1, -0.05) is 0 Å². The van der Waals surface area contributed by atoms with E-state index in [2.05, 4.69) is 10.1 Å². The van der Waals surface area contributed by atoms with Gasteiger partial charge in [-0.3, -0.25) is 14.9 Å². The first-order chi connectivity index (χ1) is 9.98. The van der Waals surface area contributed by atoms with E-state index in [4.69, 9.17) is 9.84 Å². The molecule has 0 saturated carbocycles. The third-order valence-corrected chi connectivity index (χ3v) is 3.21. The molecule has 22 heavy (non-hydrogen) atoms. The summed E-state index contributed by atoms with van der Waals surface area (Å²) in [6.45, 7) is 7.18. The van der Waals surface area contributed by atoms with Crippen molar-refractivity contribution in [2.75, 3.05) is 20.2 Å². The van der Waals surface area contributed by atoms with E-state index in [1.807, 2.05) is 0 Å². The number of amides is 1. The zero-order valence-corrected chi connectivity index (χ0v) is 13.6. The number of nitrogens with zero attached hydrogens (tertiary/aromatic N) is 1. The third-order valence-electron chi connectivity index (χ3n) is 3.21. The number of esters is 1. The van der Waals surface area contributed by atoms with Crippen LogP contribution in [0.3, 0.4) is 0 Å². The predicted molar refractivity (Wildman–Crippen MR) is 77.4 cm³/mol. The number of carboxylic acid groups (broad SMARTS) is 1. The summed E-state index contributed by atoms with van der Waals surface area (Å²) in [7, 11) is 1.26. The maximum absolute atomic E-state index is 11.9. The minimum atomic E-state index is -1.01. The van der Waals surface area contributed by atoms with Crippen molar-refractivity contribution in [3.63, 3.8) is 0 Å². The Kier molecular flexibility index (Phi) is 5.39. The Morgan fingerprint density at radius 3 is 2.27 bits per heavy atom. The average Bonchev–Trinajstić information content (AvgIpc) is 2.30.